The van der Waals surface area contributed by atoms with Crippen LogP contribution in [0.1, 0.15) is 31.0 Å². The molecule has 0 N–H and O–H groups in total. The van der Waals surface area contributed by atoms with E-state index in [4.69, 9.17) is 21.4 Å². The zero-order valence-electron chi connectivity index (χ0n) is 23.5. The number of carbonyl (C=O) groups excluding carboxylic acids is 1. The average molecular weight is 607 g/mol. The fraction of sp³-hybridized carbons (Fsp3) is 0.118. The lowest BCUT2D eigenvalue weighted by atomic mass is 10.0. The van der Waals surface area contributed by atoms with E-state index in [0.29, 0.717) is 31.3 Å². The van der Waals surface area contributed by atoms with E-state index in [1.54, 1.807) is 23.1 Å². The van der Waals surface area contributed by atoms with E-state index in [-0.39, 0.29) is 12.2 Å². The number of nitrogens with zero attached hydrogens (tertiary/aromatic N) is 4. The molecule has 1 unspecified atom stereocenters. The number of allylic oxidation sites excluding steroid dienone is 2. The van der Waals surface area contributed by atoms with Gasteiger partial charge in [0, 0.05) is 22.3 Å². The van der Waals surface area contributed by atoms with Gasteiger partial charge in [0.1, 0.15) is 5.69 Å². The van der Waals surface area contributed by atoms with Crippen molar-refractivity contribution in [2.45, 2.75) is 19.9 Å². The van der Waals surface area contributed by atoms with Gasteiger partial charge in [-0.1, -0.05) is 95.8 Å². The number of benzene rings is 3. The van der Waals surface area contributed by atoms with Gasteiger partial charge in [0.25, 0.3) is 5.56 Å². The maximum Gasteiger partial charge on any atom is 0.338 e. The Morgan fingerprint density at radius 1 is 1.02 bits per heavy atom. The Morgan fingerprint density at radius 3 is 2.42 bits per heavy atom. The molecule has 0 saturated heterocycles. The summed E-state index contributed by atoms with van der Waals surface area (Å²) in [6.07, 6.45) is 7.50. The van der Waals surface area contributed by atoms with E-state index in [1.165, 1.54) is 11.3 Å². The van der Waals surface area contributed by atoms with E-state index < -0.39 is 12.0 Å². The Kier molecular flexibility index (Phi) is 8.05. The van der Waals surface area contributed by atoms with Crippen LogP contribution in [0, 0.1) is 0 Å². The molecule has 0 aliphatic carbocycles. The maximum atomic E-state index is 14.1. The molecule has 1 aliphatic heterocycles. The van der Waals surface area contributed by atoms with Crippen molar-refractivity contribution in [3.05, 3.63) is 144 Å². The van der Waals surface area contributed by atoms with E-state index in [1.807, 2.05) is 109 Å². The molecule has 0 spiro atoms. The van der Waals surface area contributed by atoms with Crippen LogP contribution < -0.4 is 14.9 Å². The monoisotopic (exact) mass is 606 g/mol. The lowest BCUT2D eigenvalue weighted by molar-refractivity contribution is -0.139. The van der Waals surface area contributed by atoms with Crippen molar-refractivity contribution in [1.82, 2.24) is 14.3 Å². The van der Waals surface area contributed by atoms with Gasteiger partial charge in [-0.15, -0.1) is 0 Å². The molecule has 0 saturated carbocycles. The SMILES string of the molecule is CCOC(=O)C1=C(C)N=c2sc(=Cc3cn(-c4ccccc4)nc3-c3ccc(Cl)cc3)c(=O)n2C1C=Cc1ccccc1. The van der Waals surface area contributed by atoms with Crippen LogP contribution in [-0.4, -0.2) is 26.9 Å². The molecule has 1 atom stereocenters. The molecule has 0 amide bonds. The Balaban J connectivity index is 1.52. The molecule has 0 fully saturated rings. The molecule has 1 aliphatic rings. The highest BCUT2D eigenvalue weighted by atomic mass is 35.5. The second-order valence-corrected chi connectivity index (χ2v) is 11.3. The fourth-order valence-electron chi connectivity index (χ4n) is 4.96. The fourth-order valence-corrected chi connectivity index (χ4v) is 6.13. The molecule has 43 heavy (non-hydrogen) atoms. The zero-order chi connectivity index (χ0) is 29.9. The minimum absolute atomic E-state index is 0.216. The van der Waals surface area contributed by atoms with Crippen molar-refractivity contribution in [2.24, 2.45) is 4.99 Å². The summed E-state index contributed by atoms with van der Waals surface area (Å²) in [7, 11) is 0. The number of hydrogen-bond acceptors (Lipinski definition) is 6. The summed E-state index contributed by atoms with van der Waals surface area (Å²) in [4.78, 5) is 32.3. The van der Waals surface area contributed by atoms with Crippen molar-refractivity contribution < 1.29 is 9.53 Å². The first-order chi connectivity index (χ1) is 20.9. The molecule has 0 radical (unpaired) electrons. The minimum Gasteiger partial charge on any atom is -0.463 e. The standard InChI is InChI=1S/C34H27ClN4O3S/c1-3-42-33(41)30-22(2)36-34-39(28(30)19-14-23-10-6-4-7-11-23)32(40)29(43-34)20-25-21-38(27-12-8-5-9-13-27)37-31(25)24-15-17-26(35)18-16-24/h4-21,28H,3H2,1-2H3. The number of esters is 1. The third-order valence-corrected chi connectivity index (χ3v) is 8.23. The highest BCUT2D eigenvalue weighted by Crippen LogP contribution is 2.28. The average Bonchev–Trinajstić information content (AvgIpc) is 3.57. The van der Waals surface area contributed by atoms with Crippen molar-refractivity contribution in [1.29, 1.82) is 0 Å². The van der Waals surface area contributed by atoms with Gasteiger partial charge < -0.3 is 4.74 Å². The van der Waals surface area contributed by atoms with Crippen LogP contribution >= 0.6 is 22.9 Å². The Labute approximate surface area is 257 Å². The van der Waals surface area contributed by atoms with Crippen molar-refractivity contribution in [3.63, 3.8) is 0 Å². The van der Waals surface area contributed by atoms with Gasteiger partial charge in [-0.3, -0.25) is 9.36 Å². The number of halogens is 1. The first-order valence-corrected chi connectivity index (χ1v) is 15.0. The predicted octanol–water partition coefficient (Wildman–Crippen LogP) is 5.97. The van der Waals surface area contributed by atoms with Crippen LogP contribution in [0.2, 0.25) is 5.02 Å². The van der Waals surface area contributed by atoms with E-state index in [9.17, 15) is 9.59 Å². The summed E-state index contributed by atoms with van der Waals surface area (Å²) in [5, 5.41) is 5.49. The Morgan fingerprint density at radius 2 is 1.72 bits per heavy atom. The van der Waals surface area contributed by atoms with Gasteiger partial charge in [0.15, 0.2) is 4.80 Å². The van der Waals surface area contributed by atoms with Crippen LogP contribution in [0.3, 0.4) is 0 Å². The molecule has 9 heteroatoms. The quantitative estimate of drug-likeness (QED) is 0.214. The lowest BCUT2D eigenvalue weighted by Gasteiger charge is -2.21. The van der Waals surface area contributed by atoms with E-state index >= 15 is 0 Å². The molecule has 214 valence electrons. The number of carbonyl (C=O) groups is 1. The molecule has 0 bridgehead atoms. The molecule has 5 aromatic rings. The molecular weight excluding hydrogens is 580 g/mol. The number of thiazole rings is 1. The smallest absolute Gasteiger partial charge is 0.338 e. The largest absolute Gasteiger partial charge is 0.463 e. The molecule has 6 rings (SSSR count). The second kappa shape index (κ2) is 12.2. The summed E-state index contributed by atoms with van der Waals surface area (Å²) < 4.78 is 9.21. The highest BCUT2D eigenvalue weighted by Gasteiger charge is 2.30. The number of aromatic nitrogens is 3. The third-order valence-electron chi connectivity index (χ3n) is 7.00. The van der Waals surface area contributed by atoms with E-state index in [2.05, 4.69) is 4.99 Å². The summed E-state index contributed by atoms with van der Waals surface area (Å²) in [6.45, 7) is 3.75. The summed E-state index contributed by atoms with van der Waals surface area (Å²) in [5.74, 6) is -0.491. The van der Waals surface area contributed by atoms with Gasteiger partial charge in [-0.2, -0.15) is 5.10 Å². The topological polar surface area (TPSA) is 78.5 Å². The van der Waals surface area contributed by atoms with Crippen LogP contribution in [0.15, 0.2) is 118 Å². The number of ether oxygens (including phenoxy) is 1. The minimum atomic E-state index is -0.680. The molecule has 3 aromatic carbocycles. The van der Waals surface area contributed by atoms with E-state index in [0.717, 1.165) is 22.4 Å². The van der Waals surface area contributed by atoms with Gasteiger partial charge in [-0.05, 0) is 49.8 Å². The first kappa shape index (κ1) is 28.3. The van der Waals surface area contributed by atoms with Crippen molar-refractivity contribution >= 4 is 41.1 Å². The Hall–Kier alpha value is -4.79. The predicted molar refractivity (Wildman–Crippen MR) is 171 cm³/mol. The van der Waals surface area contributed by atoms with Crippen LogP contribution in [0.4, 0.5) is 0 Å². The molecule has 3 heterocycles. The zero-order valence-corrected chi connectivity index (χ0v) is 25.0. The number of rotatable bonds is 7. The summed E-state index contributed by atoms with van der Waals surface area (Å²) in [5.41, 5.74) is 4.77. The second-order valence-electron chi connectivity index (χ2n) is 9.83. The number of fused-ring (bicyclic) bond motifs is 1. The van der Waals surface area contributed by atoms with Crippen molar-refractivity contribution in [3.8, 4) is 16.9 Å². The first-order valence-electron chi connectivity index (χ1n) is 13.8. The molecular formula is C34H27ClN4O3S. The van der Waals surface area contributed by atoms with Crippen LogP contribution in [0.25, 0.3) is 29.1 Å². The maximum absolute atomic E-state index is 14.1. The van der Waals surface area contributed by atoms with Gasteiger partial charge in [-0.25, -0.2) is 14.5 Å². The van der Waals surface area contributed by atoms with Crippen LogP contribution in [-0.2, 0) is 9.53 Å². The van der Waals surface area contributed by atoms with Gasteiger partial charge in [0.2, 0.25) is 0 Å². The Bertz CT molecular complexity index is 2040. The lowest BCUT2D eigenvalue weighted by Crippen LogP contribution is -2.38. The number of para-hydroxylation sites is 1. The van der Waals surface area contributed by atoms with Gasteiger partial charge >= 0.3 is 5.97 Å². The third kappa shape index (κ3) is 5.80. The molecule has 2 aromatic heterocycles. The molecule has 7 nitrogen and oxygen atoms in total. The highest BCUT2D eigenvalue weighted by molar-refractivity contribution is 7.07. The summed E-state index contributed by atoms with van der Waals surface area (Å²) in [6, 6.07) is 26.3. The number of hydrogen-bond donors (Lipinski definition) is 0. The normalized spacial score (nSPS) is 15.0. The summed E-state index contributed by atoms with van der Waals surface area (Å²) >= 11 is 7.44. The van der Waals surface area contributed by atoms with Crippen LogP contribution in [0.5, 0.6) is 0 Å². The van der Waals surface area contributed by atoms with Crippen molar-refractivity contribution in [2.75, 3.05) is 6.61 Å². The van der Waals surface area contributed by atoms with Gasteiger partial charge in [0.05, 0.1) is 34.1 Å².